The predicted molar refractivity (Wildman–Crippen MR) is 66.2 cm³/mol. The third-order valence-electron chi connectivity index (χ3n) is 3.71. The van der Waals surface area contributed by atoms with Crippen molar-refractivity contribution in [2.24, 2.45) is 5.73 Å². The average Bonchev–Trinajstić information content (AvgIpc) is 2.72. The van der Waals surface area contributed by atoms with Gasteiger partial charge in [-0.15, -0.1) is 0 Å². The zero-order chi connectivity index (χ0) is 11.7. The molecule has 17 heavy (non-hydrogen) atoms. The van der Waals surface area contributed by atoms with Crippen LogP contribution in [0.4, 0.5) is 0 Å². The zero-order valence-corrected chi connectivity index (χ0v) is 10.0. The first-order chi connectivity index (χ1) is 8.33. The molecule has 1 aliphatic heterocycles. The van der Waals surface area contributed by atoms with E-state index in [9.17, 15) is 0 Å². The van der Waals surface area contributed by atoms with E-state index in [2.05, 4.69) is 18.2 Å². The highest BCUT2D eigenvalue weighted by Gasteiger charge is 2.20. The molecule has 2 aliphatic rings. The van der Waals surface area contributed by atoms with E-state index in [-0.39, 0.29) is 6.04 Å². The zero-order valence-electron chi connectivity index (χ0n) is 10.0. The van der Waals surface area contributed by atoms with Crippen molar-refractivity contribution in [2.75, 3.05) is 13.2 Å². The van der Waals surface area contributed by atoms with Crippen molar-refractivity contribution in [2.45, 2.75) is 37.8 Å². The van der Waals surface area contributed by atoms with E-state index in [1.807, 2.05) is 0 Å². The molecule has 1 fully saturated rings. The molecule has 1 aromatic rings. The van der Waals surface area contributed by atoms with Gasteiger partial charge in [0.15, 0.2) is 0 Å². The van der Waals surface area contributed by atoms with Crippen LogP contribution in [0.2, 0.25) is 0 Å². The number of aryl methyl sites for hydroxylation is 1. The van der Waals surface area contributed by atoms with Crippen molar-refractivity contribution in [1.29, 1.82) is 0 Å². The van der Waals surface area contributed by atoms with Gasteiger partial charge in [0.25, 0.3) is 0 Å². The Balaban J connectivity index is 1.71. The van der Waals surface area contributed by atoms with E-state index in [1.54, 1.807) is 0 Å². The Morgan fingerprint density at radius 3 is 2.82 bits per heavy atom. The minimum Gasteiger partial charge on any atom is -0.490 e. The predicted octanol–water partition coefficient (Wildman–Crippen LogP) is 2.19. The van der Waals surface area contributed by atoms with Crippen molar-refractivity contribution in [3.63, 3.8) is 0 Å². The van der Waals surface area contributed by atoms with Gasteiger partial charge in [0.05, 0.1) is 13.2 Å². The second kappa shape index (κ2) is 4.67. The number of ether oxygens (including phenoxy) is 2. The number of hydrogen-bond donors (Lipinski definition) is 1. The molecule has 3 nitrogen and oxygen atoms in total. The van der Waals surface area contributed by atoms with Crippen molar-refractivity contribution < 1.29 is 9.47 Å². The standard InChI is InChI=1S/C14H19NO2/c15-14-4-1-10-9-12(2-3-13(10)14)17-11-5-7-16-8-6-11/h2-3,9,11,14H,1,4-8,15H2/t14-/m0/s1. The molecule has 1 heterocycles. The lowest BCUT2D eigenvalue weighted by atomic mass is 10.1. The highest BCUT2D eigenvalue weighted by atomic mass is 16.5. The molecular formula is C14H19NO2. The highest BCUT2D eigenvalue weighted by Crippen LogP contribution is 2.32. The molecule has 0 saturated carbocycles. The molecule has 1 saturated heterocycles. The van der Waals surface area contributed by atoms with E-state index in [0.29, 0.717) is 6.10 Å². The van der Waals surface area contributed by atoms with Gasteiger partial charge >= 0.3 is 0 Å². The monoisotopic (exact) mass is 233 g/mol. The summed E-state index contributed by atoms with van der Waals surface area (Å²) in [7, 11) is 0. The maximum absolute atomic E-state index is 6.02. The number of benzene rings is 1. The van der Waals surface area contributed by atoms with Gasteiger partial charge in [0.2, 0.25) is 0 Å². The van der Waals surface area contributed by atoms with Gasteiger partial charge in [-0.3, -0.25) is 0 Å². The lowest BCUT2D eigenvalue weighted by Gasteiger charge is -2.23. The smallest absolute Gasteiger partial charge is 0.120 e. The Hall–Kier alpha value is -1.06. The summed E-state index contributed by atoms with van der Waals surface area (Å²) >= 11 is 0. The lowest BCUT2D eigenvalue weighted by Crippen LogP contribution is -2.25. The van der Waals surface area contributed by atoms with Crippen molar-refractivity contribution in [3.05, 3.63) is 29.3 Å². The summed E-state index contributed by atoms with van der Waals surface area (Å²) in [5.74, 6) is 0.991. The van der Waals surface area contributed by atoms with Gasteiger partial charge in [0.1, 0.15) is 11.9 Å². The first-order valence-corrected chi connectivity index (χ1v) is 6.46. The van der Waals surface area contributed by atoms with Crippen LogP contribution in [-0.2, 0) is 11.2 Å². The van der Waals surface area contributed by atoms with Crippen molar-refractivity contribution in [3.8, 4) is 5.75 Å². The maximum Gasteiger partial charge on any atom is 0.120 e. The molecule has 3 rings (SSSR count). The molecule has 1 aromatic carbocycles. The molecule has 1 aliphatic carbocycles. The number of fused-ring (bicyclic) bond motifs is 1. The third kappa shape index (κ3) is 2.31. The molecule has 0 radical (unpaired) electrons. The van der Waals surface area contributed by atoms with Crippen LogP contribution >= 0.6 is 0 Å². The number of nitrogens with two attached hydrogens (primary N) is 1. The summed E-state index contributed by atoms with van der Waals surface area (Å²) in [5, 5.41) is 0. The van der Waals surface area contributed by atoms with Crippen LogP contribution in [0, 0.1) is 0 Å². The first kappa shape index (κ1) is 11.1. The van der Waals surface area contributed by atoms with E-state index in [0.717, 1.165) is 44.6 Å². The minimum absolute atomic E-state index is 0.224. The van der Waals surface area contributed by atoms with Crippen LogP contribution in [0.25, 0.3) is 0 Å². The quantitative estimate of drug-likeness (QED) is 0.851. The van der Waals surface area contributed by atoms with Crippen LogP contribution in [0.5, 0.6) is 5.75 Å². The van der Waals surface area contributed by atoms with E-state index >= 15 is 0 Å². The molecule has 2 N–H and O–H groups in total. The second-order valence-electron chi connectivity index (χ2n) is 4.94. The normalized spacial score (nSPS) is 24.6. The Labute approximate surface area is 102 Å². The van der Waals surface area contributed by atoms with Crippen LogP contribution in [-0.4, -0.2) is 19.3 Å². The minimum atomic E-state index is 0.224. The fourth-order valence-electron chi connectivity index (χ4n) is 2.69. The summed E-state index contributed by atoms with van der Waals surface area (Å²) in [6, 6.07) is 6.57. The number of hydrogen-bond acceptors (Lipinski definition) is 3. The largest absolute Gasteiger partial charge is 0.490 e. The van der Waals surface area contributed by atoms with E-state index in [4.69, 9.17) is 15.2 Å². The summed E-state index contributed by atoms with van der Waals surface area (Å²) in [6.07, 6.45) is 4.46. The molecular weight excluding hydrogens is 214 g/mol. The highest BCUT2D eigenvalue weighted by molar-refractivity contribution is 5.40. The fourth-order valence-corrected chi connectivity index (χ4v) is 2.69. The molecule has 0 unspecified atom stereocenters. The molecule has 0 amide bonds. The average molecular weight is 233 g/mol. The maximum atomic E-state index is 6.02. The van der Waals surface area contributed by atoms with Crippen LogP contribution in [0.3, 0.4) is 0 Å². The molecule has 92 valence electrons. The van der Waals surface area contributed by atoms with Crippen LogP contribution < -0.4 is 10.5 Å². The Kier molecular flexibility index (Phi) is 3.04. The van der Waals surface area contributed by atoms with E-state index < -0.39 is 0 Å². The van der Waals surface area contributed by atoms with Gasteiger partial charge in [-0.25, -0.2) is 0 Å². The van der Waals surface area contributed by atoms with Gasteiger partial charge in [-0.1, -0.05) is 6.07 Å². The Morgan fingerprint density at radius 2 is 2.00 bits per heavy atom. The molecule has 3 heteroatoms. The van der Waals surface area contributed by atoms with Gasteiger partial charge in [-0.2, -0.15) is 0 Å². The molecule has 0 aromatic heterocycles. The molecule has 0 spiro atoms. The number of rotatable bonds is 2. The van der Waals surface area contributed by atoms with E-state index in [1.165, 1.54) is 11.1 Å². The van der Waals surface area contributed by atoms with Crippen LogP contribution in [0.15, 0.2) is 18.2 Å². The SMILES string of the molecule is N[C@H]1CCc2cc(OC3CCOCC3)ccc21. The van der Waals surface area contributed by atoms with Crippen LogP contribution in [0.1, 0.15) is 36.4 Å². The molecule has 0 bridgehead atoms. The Morgan fingerprint density at radius 1 is 1.18 bits per heavy atom. The summed E-state index contributed by atoms with van der Waals surface area (Å²) < 4.78 is 11.3. The fraction of sp³-hybridized carbons (Fsp3) is 0.571. The summed E-state index contributed by atoms with van der Waals surface area (Å²) in [4.78, 5) is 0. The first-order valence-electron chi connectivity index (χ1n) is 6.46. The second-order valence-corrected chi connectivity index (χ2v) is 4.94. The van der Waals surface area contributed by atoms with Gasteiger partial charge in [-0.05, 0) is 36.1 Å². The summed E-state index contributed by atoms with van der Waals surface area (Å²) in [5.41, 5.74) is 8.68. The topological polar surface area (TPSA) is 44.5 Å². The van der Waals surface area contributed by atoms with Crippen molar-refractivity contribution in [1.82, 2.24) is 0 Å². The lowest BCUT2D eigenvalue weighted by molar-refractivity contribution is 0.0255. The molecule has 1 atom stereocenters. The van der Waals surface area contributed by atoms with Crippen molar-refractivity contribution >= 4 is 0 Å². The Bertz CT molecular complexity index is 399. The van der Waals surface area contributed by atoms with Gasteiger partial charge < -0.3 is 15.2 Å². The van der Waals surface area contributed by atoms with Gasteiger partial charge in [0, 0.05) is 18.9 Å². The summed E-state index contributed by atoms with van der Waals surface area (Å²) in [6.45, 7) is 1.64. The third-order valence-corrected chi connectivity index (χ3v) is 3.71.